The maximum absolute atomic E-state index is 12.4. The highest BCUT2D eigenvalue weighted by Gasteiger charge is 2.22. The number of nitrogens with one attached hydrogen (secondary N) is 2. The van der Waals surface area contributed by atoms with Gasteiger partial charge in [-0.25, -0.2) is 14.6 Å². The van der Waals surface area contributed by atoms with Crippen LogP contribution in [0.15, 0.2) is 48.7 Å². The Morgan fingerprint density at radius 1 is 1.03 bits per heavy atom. The number of carbonyl (C=O) groups excluding carboxylic acids is 3. The van der Waals surface area contributed by atoms with E-state index in [1.165, 1.54) is 0 Å². The normalized spacial score (nSPS) is 13.6. The van der Waals surface area contributed by atoms with Crippen molar-refractivity contribution in [3.8, 4) is 0 Å². The monoisotopic (exact) mass is 425 g/mol. The Bertz CT molecular complexity index is 894. The highest BCUT2D eigenvalue weighted by atomic mass is 16.5. The number of aromatic nitrogens is 1. The van der Waals surface area contributed by atoms with Gasteiger partial charge in [-0.3, -0.25) is 4.79 Å². The number of piperazine rings is 1. The molecule has 2 heterocycles. The van der Waals surface area contributed by atoms with Crippen LogP contribution in [0.5, 0.6) is 0 Å². The zero-order valence-electron chi connectivity index (χ0n) is 17.7. The molecular formula is C22H27N5O4. The summed E-state index contributed by atoms with van der Waals surface area (Å²) in [5, 5.41) is 5.34. The molecule has 9 nitrogen and oxygen atoms in total. The molecule has 1 fully saturated rings. The second-order valence-electron chi connectivity index (χ2n) is 7.40. The third-order valence-electron chi connectivity index (χ3n) is 4.69. The summed E-state index contributed by atoms with van der Waals surface area (Å²) in [6.07, 6.45) is 1.55. The number of ether oxygens (including phenoxy) is 1. The average Bonchev–Trinajstić information content (AvgIpc) is 2.78. The van der Waals surface area contributed by atoms with Crippen LogP contribution in [0, 0.1) is 0 Å². The molecule has 0 aliphatic carbocycles. The number of pyridine rings is 1. The van der Waals surface area contributed by atoms with Crippen LogP contribution in [0.2, 0.25) is 0 Å². The number of esters is 1. The van der Waals surface area contributed by atoms with Crippen molar-refractivity contribution in [2.75, 3.05) is 42.9 Å². The van der Waals surface area contributed by atoms with E-state index in [1.807, 2.05) is 18.2 Å². The van der Waals surface area contributed by atoms with Crippen LogP contribution in [0.1, 0.15) is 24.2 Å². The van der Waals surface area contributed by atoms with Gasteiger partial charge in [0.1, 0.15) is 5.82 Å². The van der Waals surface area contributed by atoms with E-state index in [0.717, 1.165) is 5.82 Å². The first-order valence-electron chi connectivity index (χ1n) is 10.2. The van der Waals surface area contributed by atoms with Crippen LogP contribution in [0.4, 0.5) is 16.3 Å². The summed E-state index contributed by atoms with van der Waals surface area (Å²) in [7, 11) is 0. The molecular weight excluding hydrogens is 398 g/mol. The van der Waals surface area contributed by atoms with E-state index in [2.05, 4.69) is 20.5 Å². The van der Waals surface area contributed by atoms with Crippen molar-refractivity contribution in [3.05, 3.63) is 54.2 Å². The summed E-state index contributed by atoms with van der Waals surface area (Å²) in [4.78, 5) is 44.5. The standard InChI is InChI=1S/C22H27N5O4/c1-16(2)31-21(29)17-6-8-18(9-7-17)25-20(28)15-24-22(30)27-13-11-26(12-14-27)19-5-3-4-10-23-19/h3-10,16H,11-15H2,1-2H3,(H,24,30)(H,25,28). The van der Waals surface area contributed by atoms with Crippen LogP contribution >= 0.6 is 0 Å². The van der Waals surface area contributed by atoms with Gasteiger partial charge in [0.25, 0.3) is 0 Å². The topological polar surface area (TPSA) is 104 Å². The number of urea groups is 1. The highest BCUT2D eigenvalue weighted by Crippen LogP contribution is 2.13. The van der Waals surface area contributed by atoms with Gasteiger partial charge in [-0.2, -0.15) is 0 Å². The summed E-state index contributed by atoms with van der Waals surface area (Å²) < 4.78 is 5.13. The quantitative estimate of drug-likeness (QED) is 0.687. The smallest absolute Gasteiger partial charge is 0.338 e. The Hall–Kier alpha value is -3.62. The third-order valence-corrected chi connectivity index (χ3v) is 4.69. The molecule has 0 spiro atoms. The number of carbonyl (C=O) groups is 3. The molecule has 2 aromatic rings. The number of nitrogens with zero attached hydrogens (tertiary/aromatic N) is 3. The van der Waals surface area contributed by atoms with E-state index in [4.69, 9.17) is 4.74 Å². The van der Waals surface area contributed by atoms with Gasteiger partial charge in [-0.15, -0.1) is 0 Å². The molecule has 0 atom stereocenters. The zero-order chi connectivity index (χ0) is 22.2. The van der Waals surface area contributed by atoms with Gasteiger partial charge in [0.05, 0.1) is 18.2 Å². The molecule has 0 radical (unpaired) electrons. The number of amides is 3. The SMILES string of the molecule is CC(C)OC(=O)c1ccc(NC(=O)CNC(=O)N2CCN(c3ccccn3)CC2)cc1. The lowest BCUT2D eigenvalue weighted by Crippen LogP contribution is -2.52. The first-order chi connectivity index (χ1) is 14.9. The molecule has 0 unspecified atom stereocenters. The van der Waals surface area contributed by atoms with Crippen molar-refractivity contribution in [1.29, 1.82) is 0 Å². The lowest BCUT2D eigenvalue weighted by Gasteiger charge is -2.35. The lowest BCUT2D eigenvalue weighted by atomic mass is 10.2. The van der Waals surface area contributed by atoms with Gasteiger partial charge in [0.15, 0.2) is 0 Å². The van der Waals surface area contributed by atoms with Gasteiger partial charge in [0, 0.05) is 38.1 Å². The van der Waals surface area contributed by atoms with Gasteiger partial charge >= 0.3 is 12.0 Å². The predicted molar refractivity (Wildman–Crippen MR) is 117 cm³/mol. The average molecular weight is 425 g/mol. The summed E-state index contributed by atoms with van der Waals surface area (Å²) in [6, 6.07) is 11.9. The molecule has 1 aromatic carbocycles. The maximum Gasteiger partial charge on any atom is 0.338 e. The van der Waals surface area contributed by atoms with Gasteiger partial charge in [-0.05, 0) is 50.2 Å². The molecule has 3 rings (SSSR count). The molecule has 164 valence electrons. The third kappa shape index (κ3) is 6.43. The molecule has 1 aromatic heterocycles. The Morgan fingerprint density at radius 3 is 2.35 bits per heavy atom. The van der Waals surface area contributed by atoms with E-state index in [0.29, 0.717) is 37.4 Å². The molecule has 9 heteroatoms. The fourth-order valence-corrected chi connectivity index (χ4v) is 3.12. The lowest BCUT2D eigenvalue weighted by molar-refractivity contribution is -0.115. The first kappa shape index (κ1) is 22.1. The van der Waals surface area contributed by atoms with Crippen molar-refractivity contribution in [1.82, 2.24) is 15.2 Å². The van der Waals surface area contributed by atoms with E-state index in [-0.39, 0.29) is 24.6 Å². The van der Waals surface area contributed by atoms with E-state index in [9.17, 15) is 14.4 Å². The van der Waals surface area contributed by atoms with Gasteiger partial charge in [0.2, 0.25) is 5.91 Å². The molecule has 31 heavy (non-hydrogen) atoms. The second-order valence-corrected chi connectivity index (χ2v) is 7.40. The summed E-state index contributed by atoms with van der Waals surface area (Å²) in [5.41, 5.74) is 0.939. The van der Waals surface area contributed by atoms with Crippen molar-refractivity contribution < 1.29 is 19.1 Å². The van der Waals surface area contributed by atoms with Crippen LogP contribution in [-0.4, -0.2) is 66.6 Å². The highest BCUT2D eigenvalue weighted by molar-refractivity contribution is 5.95. The van der Waals surface area contributed by atoms with Gasteiger partial charge in [-0.1, -0.05) is 6.07 Å². The van der Waals surface area contributed by atoms with E-state index in [1.54, 1.807) is 49.2 Å². The number of hydrogen-bond acceptors (Lipinski definition) is 6. The van der Waals surface area contributed by atoms with E-state index < -0.39 is 5.97 Å². The predicted octanol–water partition coefficient (Wildman–Crippen LogP) is 2.12. The number of rotatable bonds is 6. The van der Waals surface area contributed by atoms with Crippen LogP contribution in [-0.2, 0) is 9.53 Å². The van der Waals surface area contributed by atoms with Crippen molar-refractivity contribution in [2.24, 2.45) is 0 Å². The largest absolute Gasteiger partial charge is 0.459 e. The molecule has 1 saturated heterocycles. The Kier molecular flexibility index (Phi) is 7.42. The van der Waals surface area contributed by atoms with Crippen LogP contribution in [0.3, 0.4) is 0 Å². The second kappa shape index (κ2) is 10.4. The Labute approximate surface area is 181 Å². The molecule has 1 aliphatic heterocycles. The van der Waals surface area contributed by atoms with Gasteiger partial charge < -0.3 is 25.2 Å². The zero-order valence-corrected chi connectivity index (χ0v) is 17.7. The maximum atomic E-state index is 12.4. The summed E-state index contributed by atoms with van der Waals surface area (Å²) in [5.74, 6) is 0.131. The Morgan fingerprint density at radius 2 is 1.74 bits per heavy atom. The van der Waals surface area contributed by atoms with Crippen molar-refractivity contribution >= 4 is 29.4 Å². The summed E-state index contributed by atoms with van der Waals surface area (Å²) in [6.45, 7) is 5.89. The fraction of sp³-hybridized carbons (Fsp3) is 0.364. The number of hydrogen-bond donors (Lipinski definition) is 2. The van der Waals surface area contributed by atoms with E-state index >= 15 is 0 Å². The fourth-order valence-electron chi connectivity index (χ4n) is 3.12. The molecule has 2 N–H and O–H groups in total. The molecule has 1 aliphatic rings. The summed E-state index contributed by atoms with van der Waals surface area (Å²) >= 11 is 0. The number of anilines is 2. The Balaban J connectivity index is 1.40. The van der Waals surface area contributed by atoms with Crippen LogP contribution in [0.25, 0.3) is 0 Å². The minimum absolute atomic E-state index is 0.142. The molecule has 3 amide bonds. The minimum Gasteiger partial charge on any atom is -0.459 e. The van der Waals surface area contributed by atoms with Crippen molar-refractivity contribution in [3.63, 3.8) is 0 Å². The van der Waals surface area contributed by atoms with Crippen molar-refractivity contribution in [2.45, 2.75) is 20.0 Å². The molecule has 0 bridgehead atoms. The first-order valence-corrected chi connectivity index (χ1v) is 10.2. The number of benzene rings is 1. The molecule has 0 saturated carbocycles. The minimum atomic E-state index is -0.414. The van der Waals surface area contributed by atoms with Crippen LogP contribution < -0.4 is 15.5 Å².